The number of aliphatic hydroxyl groups is 1. The number of carbonyl (C=O) groups is 1. The summed E-state index contributed by atoms with van der Waals surface area (Å²) < 4.78 is 0. The van der Waals surface area contributed by atoms with E-state index in [-0.39, 0.29) is 18.4 Å². The Morgan fingerprint density at radius 3 is 2.37 bits per heavy atom. The van der Waals surface area contributed by atoms with Crippen LogP contribution in [0.3, 0.4) is 0 Å². The molecule has 2 aliphatic rings. The molecule has 0 saturated carbocycles. The van der Waals surface area contributed by atoms with Crippen molar-refractivity contribution in [2.24, 2.45) is 0 Å². The quantitative estimate of drug-likeness (QED) is 0.666. The second-order valence-electron chi connectivity index (χ2n) is 8.15. The number of ketones is 1. The first-order chi connectivity index (χ1) is 14.7. The van der Waals surface area contributed by atoms with Gasteiger partial charge in [-0.05, 0) is 41.7 Å². The van der Waals surface area contributed by atoms with Gasteiger partial charge >= 0.3 is 0 Å². The highest BCUT2D eigenvalue weighted by Crippen LogP contribution is 2.54. The van der Waals surface area contributed by atoms with Gasteiger partial charge in [0.25, 0.3) is 0 Å². The van der Waals surface area contributed by atoms with Crippen molar-refractivity contribution in [2.45, 2.75) is 31.3 Å². The second kappa shape index (κ2) is 7.26. The summed E-state index contributed by atoms with van der Waals surface area (Å²) in [7, 11) is 0. The zero-order chi connectivity index (χ0) is 20.7. The lowest BCUT2D eigenvalue weighted by Gasteiger charge is -2.48. The van der Waals surface area contributed by atoms with Crippen LogP contribution >= 0.6 is 0 Å². The molecule has 2 heterocycles. The van der Waals surface area contributed by atoms with E-state index in [1.54, 1.807) is 0 Å². The maximum atomic E-state index is 14.0. The van der Waals surface area contributed by atoms with Gasteiger partial charge in [0.15, 0.2) is 5.78 Å². The van der Waals surface area contributed by atoms with Crippen LogP contribution < -0.4 is 4.90 Å². The lowest BCUT2D eigenvalue weighted by molar-refractivity contribution is 0.0889. The molecule has 3 heteroatoms. The Bertz CT molecular complexity index is 1120. The van der Waals surface area contributed by atoms with Gasteiger partial charge in [-0.3, -0.25) is 4.79 Å². The zero-order valence-electron chi connectivity index (χ0n) is 17.1. The molecule has 0 aliphatic carbocycles. The van der Waals surface area contributed by atoms with Gasteiger partial charge in [-0.2, -0.15) is 0 Å². The molecule has 0 bridgehead atoms. The van der Waals surface area contributed by atoms with Gasteiger partial charge in [0.05, 0.1) is 6.04 Å². The van der Waals surface area contributed by atoms with Crippen LogP contribution in [0.5, 0.6) is 0 Å². The summed E-state index contributed by atoms with van der Waals surface area (Å²) in [5.74, 6) is 0.160. The van der Waals surface area contributed by atoms with Gasteiger partial charge in [-0.1, -0.05) is 78.9 Å². The van der Waals surface area contributed by atoms with Gasteiger partial charge in [0.2, 0.25) is 0 Å². The topological polar surface area (TPSA) is 40.5 Å². The van der Waals surface area contributed by atoms with E-state index in [0.717, 1.165) is 27.9 Å². The molecule has 0 amide bonds. The van der Waals surface area contributed by atoms with E-state index in [1.165, 1.54) is 5.57 Å². The molecule has 0 fully saturated rings. The number of anilines is 1. The molecule has 3 aromatic carbocycles. The first kappa shape index (κ1) is 18.8. The van der Waals surface area contributed by atoms with Crippen molar-refractivity contribution in [3.63, 3.8) is 0 Å². The monoisotopic (exact) mass is 395 g/mol. The molecule has 0 unspecified atom stereocenters. The summed E-state index contributed by atoms with van der Waals surface area (Å²) in [6, 6.07) is 26.4. The molecule has 0 saturated heterocycles. The molecular formula is C27H25NO2. The number of aryl methyl sites for hydroxylation is 1. The fraction of sp³-hybridized carbons (Fsp3) is 0.222. The smallest absolute Gasteiger partial charge is 0.195 e. The highest BCUT2D eigenvalue weighted by molar-refractivity contribution is 6.16. The molecule has 1 N–H and O–H groups in total. The van der Waals surface area contributed by atoms with Gasteiger partial charge in [-0.25, -0.2) is 0 Å². The molecule has 150 valence electrons. The Morgan fingerprint density at radius 1 is 0.967 bits per heavy atom. The van der Waals surface area contributed by atoms with E-state index < -0.39 is 5.54 Å². The number of rotatable bonds is 4. The van der Waals surface area contributed by atoms with E-state index in [0.29, 0.717) is 12.8 Å². The van der Waals surface area contributed by atoms with Crippen molar-refractivity contribution >= 4 is 17.0 Å². The van der Waals surface area contributed by atoms with Crippen LogP contribution in [0, 0.1) is 6.92 Å². The van der Waals surface area contributed by atoms with E-state index in [9.17, 15) is 9.90 Å². The Kier molecular flexibility index (Phi) is 4.56. The minimum absolute atomic E-state index is 0.0611. The minimum atomic E-state index is -0.770. The van der Waals surface area contributed by atoms with Crippen LogP contribution in [0.15, 0.2) is 84.9 Å². The Morgan fingerprint density at radius 2 is 1.67 bits per heavy atom. The molecule has 5 rings (SSSR count). The fourth-order valence-electron chi connectivity index (χ4n) is 5.28. The van der Waals surface area contributed by atoms with Crippen molar-refractivity contribution in [3.8, 4) is 0 Å². The summed E-state index contributed by atoms with van der Waals surface area (Å²) in [6.45, 7) is 2.08. The molecule has 0 radical (unpaired) electrons. The maximum absolute atomic E-state index is 14.0. The number of hydrogen-bond donors (Lipinski definition) is 1. The Hall–Kier alpha value is -3.17. The maximum Gasteiger partial charge on any atom is 0.195 e. The zero-order valence-corrected chi connectivity index (χ0v) is 17.1. The third-order valence-corrected chi connectivity index (χ3v) is 6.57. The van der Waals surface area contributed by atoms with Gasteiger partial charge in [0, 0.05) is 24.3 Å². The SMILES string of the molecule is Cc1cccc2c1C(=O)[C@]1(c3ccccc3)CC=C(c3ccccc3)[C@@H](CCO)N21. The predicted molar refractivity (Wildman–Crippen MR) is 121 cm³/mol. The molecule has 3 aromatic rings. The summed E-state index contributed by atoms with van der Waals surface area (Å²) in [5, 5.41) is 9.99. The lowest BCUT2D eigenvalue weighted by Crippen LogP contribution is -2.55. The highest BCUT2D eigenvalue weighted by atomic mass is 16.3. The largest absolute Gasteiger partial charge is 0.396 e. The molecule has 2 aliphatic heterocycles. The average Bonchev–Trinajstić information content (AvgIpc) is 3.06. The lowest BCUT2D eigenvalue weighted by atomic mass is 9.75. The highest BCUT2D eigenvalue weighted by Gasteiger charge is 2.56. The number of fused-ring (bicyclic) bond motifs is 3. The molecule has 0 spiro atoms. The third-order valence-electron chi connectivity index (χ3n) is 6.57. The predicted octanol–water partition coefficient (Wildman–Crippen LogP) is 5.13. The van der Waals surface area contributed by atoms with Gasteiger partial charge in [0.1, 0.15) is 5.54 Å². The first-order valence-electron chi connectivity index (χ1n) is 10.5. The second-order valence-corrected chi connectivity index (χ2v) is 8.15. The Balaban J connectivity index is 1.78. The summed E-state index contributed by atoms with van der Waals surface area (Å²) in [4.78, 5) is 16.3. The van der Waals surface area contributed by atoms with Gasteiger partial charge in [-0.15, -0.1) is 0 Å². The molecule has 2 atom stereocenters. The first-order valence-corrected chi connectivity index (χ1v) is 10.5. The number of carbonyl (C=O) groups excluding carboxylic acids is 1. The number of aliphatic hydroxyl groups excluding tert-OH is 1. The van der Waals surface area contributed by atoms with E-state index in [2.05, 4.69) is 41.3 Å². The molecule has 0 aromatic heterocycles. The normalized spacial score (nSPS) is 22.5. The van der Waals surface area contributed by atoms with Crippen molar-refractivity contribution in [3.05, 3.63) is 107 Å². The molecule has 3 nitrogen and oxygen atoms in total. The number of nitrogens with zero attached hydrogens (tertiary/aromatic N) is 1. The van der Waals surface area contributed by atoms with Gasteiger partial charge < -0.3 is 10.0 Å². The number of hydrogen-bond acceptors (Lipinski definition) is 3. The van der Waals surface area contributed by atoms with E-state index in [4.69, 9.17) is 0 Å². The number of Topliss-reactive ketones (excluding diaryl/α,β-unsaturated/α-hetero) is 1. The van der Waals surface area contributed by atoms with Crippen LogP contribution in [0.2, 0.25) is 0 Å². The number of benzene rings is 3. The Labute approximate surface area is 177 Å². The van der Waals surface area contributed by atoms with Crippen LogP contribution in [-0.2, 0) is 5.54 Å². The minimum Gasteiger partial charge on any atom is -0.396 e. The summed E-state index contributed by atoms with van der Waals surface area (Å²) >= 11 is 0. The van der Waals surface area contributed by atoms with Crippen molar-refractivity contribution < 1.29 is 9.90 Å². The van der Waals surface area contributed by atoms with Crippen LogP contribution in [0.25, 0.3) is 5.57 Å². The molecular weight excluding hydrogens is 370 g/mol. The van der Waals surface area contributed by atoms with E-state index in [1.807, 2.05) is 55.5 Å². The van der Waals surface area contributed by atoms with Crippen molar-refractivity contribution in [1.82, 2.24) is 0 Å². The summed E-state index contributed by atoms with van der Waals surface area (Å²) in [6.07, 6.45) is 3.39. The van der Waals surface area contributed by atoms with Crippen LogP contribution in [-0.4, -0.2) is 23.5 Å². The van der Waals surface area contributed by atoms with Crippen LogP contribution in [0.1, 0.15) is 39.9 Å². The summed E-state index contributed by atoms with van der Waals surface area (Å²) in [5.41, 5.74) is 5.36. The molecule has 30 heavy (non-hydrogen) atoms. The van der Waals surface area contributed by atoms with Crippen molar-refractivity contribution in [2.75, 3.05) is 11.5 Å². The van der Waals surface area contributed by atoms with E-state index >= 15 is 0 Å². The van der Waals surface area contributed by atoms with Crippen molar-refractivity contribution in [1.29, 1.82) is 0 Å². The fourth-order valence-corrected chi connectivity index (χ4v) is 5.28. The average molecular weight is 396 g/mol. The standard InChI is InChI=1S/C27H25NO2/c1-19-9-8-14-24-25(19)26(30)27(21-12-6-3-7-13-21)17-15-22(20-10-4-2-5-11-20)23(16-18-29)28(24)27/h2-15,23,29H,16-18H2,1H3/t23-,27-/m1/s1. The van der Waals surface area contributed by atoms with Crippen LogP contribution in [0.4, 0.5) is 5.69 Å². The third kappa shape index (κ3) is 2.59.